The number of rotatable bonds is 10. The van der Waals surface area contributed by atoms with Gasteiger partial charge in [-0.25, -0.2) is 0 Å². The van der Waals surface area contributed by atoms with Gasteiger partial charge < -0.3 is 9.47 Å². The van der Waals surface area contributed by atoms with Crippen molar-refractivity contribution in [2.45, 2.75) is 47.6 Å². The van der Waals surface area contributed by atoms with Crippen molar-refractivity contribution in [1.82, 2.24) is 19.6 Å². The highest BCUT2D eigenvalue weighted by atomic mass is 19.3. The fraction of sp³-hybridized carbons (Fsp3) is 0.280. The Kier molecular flexibility index (Phi) is 11.9. The summed E-state index contributed by atoms with van der Waals surface area (Å²) in [6.45, 7) is -9.83. The molecule has 4 rings (SSSR count). The summed E-state index contributed by atoms with van der Waals surface area (Å²) in [5, 5.41) is 28.2. The molecule has 0 amide bonds. The third-order valence-electron chi connectivity index (χ3n) is 5.58. The molecular formula is C25H22F8N6O6. The van der Waals surface area contributed by atoms with Crippen LogP contribution in [-0.2, 0) is 0 Å². The number of aryl methyl sites for hydroxylation is 2. The highest BCUT2D eigenvalue weighted by Gasteiger charge is 2.22. The molecule has 4 aromatic rings. The molecule has 0 aliphatic heterocycles. The van der Waals surface area contributed by atoms with E-state index in [-0.39, 0.29) is 61.8 Å². The van der Waals surface area contributed by atoms with Crippen molar-refractivity contribution >= 4 is 11.4 Å². The van der Waals surface area contributed by atoms with Crippen molar-refractivity contribution < 1.29 is 54.4 Å². The van der Waals surface area contributed by atoms with Crippen molar-refractivity contribution in [2.24, 2.45) is 0 Å². The van der Waals surface area contributed by atoms with Crippen molar-refractivity contribution in [3.63, 3.8) is 0 Å². The van der Waals surface area contributed by atoms with Crippen LogP contribution in [0, 0.1) is 34.1 Å². The largest absolute Gasteiger partial charge is 0.417 e. The maximum Gasteiger partial charge on any atom is 0.388 e. The summed E-state index contributed by atoms with van der Waals surface area (Å²) in [5.74, 6) is -1.46. The highest BCUT2D eigenvalue weighted by Crippen LogP contribution is 2.32. The van der Waals surface area contributed by atoms with Gasteiger partial charge in [-0.05, 0) is 38.1 Å². The van der Waals surface area contributed by atoms with Gasteiger partial charge >= 0.3 is 26.3 Å². The zero-order valence-electron chi connectivity index (χ0n) is 22.1. The van der Waals surface area contributed by atoms with Crippen LogP contribution in [0.3, 0.4) is 0 Å². The average molecular weight is 654 g/mol. The molecular weight excluding hydrogens is 632 g/mol. The normalized spacial score (nSPS) is 11.0. The molecule has 0 spiro atoms. The van der Waals surface area contributed by atoms with Gasteiger partial charge in [0.1, 0.15) is 0 Å². The number of ether oxygens (including phenoxy) is 2. The Hall–Kier alpha value is -5.30. The molecule has 0 fully saturated rings. The van der Waals surface area contributed by atoms with Crippen molar-refractivity contribution in [2.75, 3.05) is 0 Å². The van der Waals surface area contributed by atoms with Crippen LogP contribution in [-0.4, -0.2) is 42.6 Å². The molecule has 2 heterocycles. The molecule has 0 unspecified atom stereocenters. The van der Waals surface area contributed by atoms with Gasteiger partial charge in [-0.2, -0.15) is 49.6 Å². The van der Waals surface area contributed by atoms with E-state index >= 15 is 0 Å². The lowest BCUT2D eigenvalue weighted by atomic mass is 10.1. The van der Waals surface area contributed by atoms with E-state index in [1.54, 1.807) is 0 Å². The summed E-state index contributed by atoms with van der Waals surface area (Å²) < 4.78 is 108. The summed E-state index contributed by atoms with van der Waals surface area (Å²) in [6.07, 6.45) is 0. The topological polar surface area (TPSA) is 140 Å². The van der Waals surface area contributed by atoms with Crippen LogP contribution in [0.1, 0.15) is 31.7 Å². The molecule has 0 aliphatic carbocycles. The Morgan fingerprint density at radius 2 is 1.18 bits per heavy atom. The van der Waals surface area contributed by atoms with Gasteiger partial charge in [0.05, 0.1) is 21.2 Å². The lowest BCUT2D eigenvalue weighted by molar-refractivity contribution is -0.385. The first-order chi connectivity index (χ1) is 20.6. The molecule has 0 saturated heterocycles. The molecule has 244 valence electrons. The Morgan fingerprint density at radius 1 is 0.689 bits per heavy atom. The van der Waals surface area contributed by atoms with E-state index in [9.17, 15) is 55.4 Å². The predicted molar refractivity (Wildman–Crippen MR) is 141 cm³/mol. The molecule has 20 heteroatoms. The van der Waals surface area contributed by atoms with Crippen LogP contribution in [0.4, 0.5) is 46.5 Å². The predicted octanol–water partition coefficient (Wildman–Crippen LogP) is 8.16. The number of alkyl halides is 8. The SMILES string of the molecule is C.Cc1cc(-c2cc(OC(F)F)n(C(F)F)n2)ccc1[N+](=O)[O-].Cc1cc(-c2cc(OC(F)F)nn2C(F)F)ccc1[N+](=O)[O-]. The second-order valence-corrected chi connectivity index (χ2v) is 8.45. The smallest absolute Gasteiger partial charge is 0.388 e. The van der Waals surface area contributed by atoms with Gasteiger partial charge in [0, 0.05) is 46.5 Å². The van der Waals surface area contributed by atoms with Crippen LogP contribution in [0.5, 0.6) is 11.8 Å². The van der Waals surface area contributed by atoms with E-state index < -0.39 is 47.9 Å². The van der Waals surface area contributed by atoms with Crippen LogP contribution in [0.2, 0.25) is 0 Å². The summed E-state index contributed by atoms with van der Waals surface area (Å²) in [4.78, 5) is 20.2. The Balaban J connectivity index is 0.000000307. The van der Waals surface area contributed by atoms with Crippen molar-refractivity contribution in [3.8, 4) is 34.3 Å². The van der Waals surface area contributed by atoms with Crippen LogP contribution >= 0.6 is 0 Å². The van der Waals surface area contributed by atoms with Gasteiger partial charge in [-0.1, -0.05) is 7.43 Å². The Morgan fingerprint density at radius 3 is 1.62 bits per heavy atom. The van der Waals surface area contributed by atoms with Crippen LogP contribution in [0.25, 0.3) is 22.5 Å². The number of hydrogen-bond acceptors (Lipinski definition) is 8. The standard InChI is InChI=1S/2C12H9F4N3O3.CH4/c1-6-4-7(2-3-9(6)19(20)21)8-5-10(22-12(15)16)18(17-8)11(13)14;1-6-4-7(2-3-8(6)19(20)21)9-5-10(22-12(15)16)17-18(9)11(13)14;/h2*2-5,11-12H,1H3;1H4. The number of nitro benzene ring substituents is 2. The maximum absolute atomic E-state index is 12.9. The molecule has 0 N–H and O–H groups in total. The number of benzene rings is 2. The molecule has 0 aliphatic rings. The minimum atomic E-state index is -3.28. The van der Waals surface area contributed by atoms with E-state index in [0.717, 1.165) is 18.2 Å². The van der Waals surface area contributed by atoms with E-state index in [1.807, 2.05) is 0 Å². The zero-order valence-corrected chi connectivity index (χ0v) is 22.1. The molecule has 12 nitrogen and oxygen atoms in total. The van der Waals surface area contributed by atoms with Gasteiger partial charge in [-0.3, -0.25) is 20.2 Å². The van der Waals surface area contributed by atoms with Gasteiger partial charge in [0.25, 0.3) is 11.4 Å². The summed E-state index contributed by atoms with van der Waals surface area (Å²) in [6, 6.07) is 9.31. The average Bonchev–Trinajstić information content (AvgIpc) is 3.52. The Bertz CT molecular complexity index is 1650. The molecule has 0 atom stereocenters. The Labute approximate surface area is 247 Å². The molecule has 2 aromatic heterocycles. The second-order valence-electron chi connectivity index (χ2n) is 8.45. The van der Waals surface area contributed by atoms with Crippen LogP contribution in [0.15, 0.2) is 48.5 Å². The van der Waals surface area contributed by atoms with Crippen LogP contribution < -0.4 is 9.47 Å². The highest BCUT2D eigenvalue weighted by molar-refractivity contribution is 5.65. The number of hydrogen-bond donors (Lipinski definition) is 0. The molecule has 0 saturated carbocycles. The summed E-state index contributed by atoms with van der Waals surface area (Å²) in [7, 11) is 0. The molecule has 2 aromatic carbocycles. The number of nitrogens with zero attached hydrogens (tertiary/aromatic N) is 6. The van der Waals surface area contributed by atoms with Crippen molar-refractivity contribution in [1.29, 1.82) is 0 Å². The van der Waals surface area contributed by atoms with Crippen molar-refractivity contribution in [3.05, 3.63) is 79.9 Å². The third kappa shape index (κ3) is 8.86. The van der Waals surface area contributed by atoms with E-state index in [2.05, 4.69) is 19.7 Å². The quantitative estimate of drug-likeness (QED) is 0.0948. The summed E-state index contributed by atoms with van der Waals surface area (Å²) in [5.41, 5.74) is 0.363. The monoisotopic (exact) mass is 654 g/mol. The molecule has 45 heavy (non-hydrogen) atoms. The lowest BCUT2D eigenvalue weighted by Gasteiger charge is -2.06. The fourth-order valence-electron chi connectivity index (χ4n) is 3.76. The first-order valence-corrected chi connectivity index (χ1v) is 11.7. The molecule has 0 bridgehead atoms. The number of nitro groups is 2. The van der Waals surface area contributed by atoms with Gasteiger partial charge in [0.15, 0.2) is 0 Å². The van der Waals surface area contributed by atoms with Gasteiger partial charge in [-0.15, -0.1) is 5.10 Å². The first kappa shape index (κ1) is 35.9. The van der Waals surface area contributed by atoms with E-state index in [1.165, 1.54) is 44.2 Å². The zero-order chi connectivity index (χ0) is 32.9. The lowest BCUT2D eigenvalue weighted by Crippen LogP contribution is -2.09. The number of halogens is 8. The minimum absolute atomic E-state index is 0. The third-order valence-corrected chi connectivity index (χ3v) is 5.58. The second kappa shape index (κ2) is 14.9. The van der Waals surface area contributed by atoms with Gasteiger partial charge in [0.2, 0.25) is 11.8 Å². The fourth-order valence-corrected chi connectivity index (χ4v) is 3.76. The maximum atomic E-state index is 12.9. The first-order valence-electron chi connectivity index (χ1n) is 11.7. The van der Waals surface area contributed by atoms with E-state index in [0.29, 0.717) is 0 Å². The number of aromatic nitrogens is 4. The molecule has 0 radical (unpaired) electrons. The minimum Gasteiger partial charge on any atom is -0.417 e. The van der Waals surface area contributed by atoms with E-state index in [4.69, 9.17) is 0 Å². The summed E-state index contributed by atoms with van der Waals surface area (Å²) >= 11 is 0.